The van der Waals surface area contributed by atoms with Crippen LogP contribution in [0.3, 0.4) is 0 Å². The average Bonchev–Trinajstić information content (AvgIpc) is 2.83. The third-order valence-electron chi connectivity index (χ3n) is 2.16. The van der Waals surface area contributed by atoms with Gasteiger partial charge >= 0.3 is 0 Å². The molecule has 2 rings (SSSR count). The van der Waals surface area contributed by atoms with Crippen molar-refractivity contribution in [1.29, 1.82) is 0 Å². The topological polar surface area (TPSA) is 24.9 Å². The summed E-state index contributed by atoms with van der Waals surface area (Å²) < 4.78 is 0. The minimum Gasteiger partial charge on any atom is -0.319 e. The van der Waals surface area contributed by atoms with Gasteiger partial charge in [-0.15, -0.1) is 22.7 Å². The van der Waals surface area contributed by atoms with Gasteiger partial charge in [0.05, 0.1) is 15.6 Å². The van der Waals surface area contributed by atoms with Crippen molar-refractivity contribution < 1.29 is 0 Å². The molecule has 0 saturated carbocycles. The second-order valence-electron chi connectivity index (χ2n) is 3.34. The predicted octanol–water partition coefficient (Wildman–Crippen LogP) is 2.94. The molecule has 15 heavy (non-hydrogen) atoms. The van der Waals surface area contributed by atoms with Crippen LogP contribution in [0.15, 0.2) is 17.5 Å². The van der Waals surface area contributed by atoms with Crippen LogP contribution < -0.4 is 5.32 Å². The summed E-state index contributed by atoms with van der Waals surface area (Å²) in [7, 11) is 1.98. The quantitative estimate of drug-likeness (QED) is 0.886. The molecule has 2 nitrogen and oxygen atoms in total. The molecule has 0 bridgehead atoms. The number of aromatic nitrogens is 1. The largest absolute Gasteiger partial charge is 0.319 e. The molecule has 2 aromatic rings. The van der Waals surface area contributed by atoms with Crippen molar-refractivity contribution in [1.82, 2.24) is 10.3 Å². The Kier molecular flexibility index (Phi) is 3.51. The van der Waals surface area contributed by atoms with Gasteiger partial charge in [0.1, 0.15) is 0 Å². The zero-order valence-electron chi connectivity index (χ0n) is 8.91. The maximum Gasteiger partial charge on any atom is 0.0904 e. The summed E-state index contributed by atoms with van der Waals surface area (Å²) in [6, 6.07) is 4.26. The van der Waals surface area contributed by atoms with Crippen LogP contribution in [0.25, 0.3) is 9.75 Å². The van der Waals surface area contributed by atoms with E-state index < -0.39 is 0 Å². The fourth-order valence-electron chi connectivity index (χ4n) is 1.48. The van der Waals surface area contributed by atoms with Crippen molar-refractivity contribution in [2.45, 2.75) is 13.3 Å². The molecule has 2 aromatic heterocycles. The molecule has 0 aliphatic carbocycles. The van der Waals surface area contributed by atoms with E-state index in [-0.39, 0.29) is 0 Å². The van der Waals surface area contributed by atoms with Gasteiger partial charge in [-0.25, -0.2) is 4.98 Å². The molecule has 0 aromatic carbocycles. The van der Waals surface area contributed by atoms with Crippen molar-refractivity contribution in [2.75, 3.05) is 13.6 Å². The number of thiophene rings is 1. The van der Waals surface area contributed by atoms with E-state index >= 15 is 0 Å². The highest BCUT2D eigenvalue weighted by Crippen LogP contribution is 2.33. The van der Waals surface area contributed by atoms with Crippen molar-refractivity contribution >= 4 is 22.7 Å². The summed E-state index contributed by atoms with van der Waals surface area (Å²) in [6.07, 6.45) is 1.01. The molecule has 0 saturated heterocycles. The summed E-state index contributed by atoms with van der Waals surface area (Å²) >= 11 is 3.58. The summed E-state index contributed by atoms with van der Waals surface area (Å²) in [5, 5.41) is 6.44. The molecule has 0 unspecified atom stereocenters. The van der Waals surface area contributed by atoms with E-state index in [2.05, 4.69) is 34.7 Å². The van der Waals surface area contributed by atoms with Gasteiger partial charge in [0, 0.05) is 17.8 Å². The van der Waals surface area contributed by atoms with Gasteiger partial charge in [-0.1, -0.05) is 6.07 Å². The minimum absolute atomic E-state index is 0.988. The van der Waals surface area contributed by atoms with Crippen molar-refractivity contribution in [3.63, 3.8) is 0 Å². The molecule has 0 aliphatic rings. The van der Waals surface area contributed by atoms with E-state index in [1.807, 2.05) is 7.05 Å². The van der Waals surface area contributed by atoms with Gasteiger partial charge in [0.15, 0.2) is 0 Å². The Hall–Kier alpha value is -0.710. The Morgan fingerprint density at radius 3 is 3.00 bits per heavy atom. The van der Waals surface area contributed by atoms with Gasteiger partial charge in [0.2, 0.25) is 0 Å². The molecule has 0 fully saturated rings. The first-order valence-electron chi connectivity index (χ1n) is 4.96. The van der Waals surface area contributed by atoms with E-state index in [1.165, 1.54) is 15.4 Å². The molecule has 4 heteroatoms. The fraction of sp³-hybridized carbons (Fsp3) is 0.364. The molecule has 80 valence electrons. The van der Waals surface area contributed by atoms with Gasteiger partial charge < -0.3 is 5.32 Å². The van der Waals surface area contributed by atoms with Crippen molar-refractivity contribution in [2.24, 2.45) is 0 Å². The number of nitrogens with zero attached hydrogens (tertiary/aromatic N) is 1. The standard InChI is InChI=1S/C11H14N2S2/c1-8-13-9(5-6-12-2)11(15-8)10-4-3-7-14-10/h3-4,7,12H,5-6H2,1-2H3. The van der Waals surface area contributed by atoms with Gasteiger partial charge in [0.25, 0.3) is 0 Å². The second-order valence-corrected chi connectivity index (χ2v) is 5.49. The number of rotatable bonds is 4. The van der Waals surface area contributed by atoms with Crippen LogP contribution in [0.4, 0.5) is 0 Å². The normalized spacial score (nSPS) is 10.8. The third kappa shape index (κ3) is 2.45. The number of hydrogen-bond donors (Lipinski definition) is 1. The number of likely N-dealkylation sites (N-methyl/N-ethyl adjacent to an activating group) is 1. The fourth-order valence-corrected chi connectivity index (χ4v) is 3.32. The maximum atomic E-state index is 4.59. The smallest absolute Gasteiger partial charge is 0.0904 e. The monoisotopic (exact) mass is 238 g/mol. The van der Waals surface area contributed by atoms with Gasteiger partial charge in [-0.3, -0.25) is 0 Å². The Balaban J connectivity index is 2.29. The zero-order valence-corrected chi connectivity index (χ0v) is 10.5. The zero-order chi connectivity index (χ0) is 10.7. The third-order valence-corrected chi connectivity index (χ3v) is 4.22. The van der Waals surface area contributed by atoms with Crippen molar-refractivity contribution in [3.05, 3.63) is 28.2 Å². The molecule has 0 aliphatic heterocycles. The van der Waals surface area contributed by atoms with Crippen LogP contribution in [0.2, 0.25) is 0 Å². The summed E-state index contributed by atoms with van der Waals surface area (Å²) in [4.78, 5) is 7.27. The summed E-state index contributed by atoms with van der Waals surface area (Å²) in [5.74, 6) is 0. The van der Waals surface area contributed by atoms with Crippen LogP contribution in [0.5, 0.6) is 0 Å². The van der Waals surface area contributed by atoms with E-state index in [0.717, 1.165) is 18.0 Å². The Bertz CT molecular complexity index is 418. The lowest BCUT2D eigenvalue weighted by Crippen LogP contribution is -2.10. The van der Waals surface area contributed by atoms with Gasteiger partial charge in [-0.2, -0.15) is 0 Å². The number of hydrogen-bond acceptors (Lipinski definition) is 4. The first-order chi connectivity index (χ1) is 7.31. The second kappa shape index (κ2) is 4.88. The van der Waals surface area contributed by atoms with Gasteiger partial charge in [-0.05, 0) is 25.4 Å². The van der Waals surface area contributed by atoms with Crippen LogP contribution >= 0.6 is 22.7 Å². The van der Waals surface area contributed by atoms with Crippen molar-refractivity contribution in [3.8, 4) is 9.75 Å². The summed E-state index contributed by atoms with van der Waals surface area (Å²) in [6.45, 7) is 3.06. The SMILES string of the molecule is CNCCc1nc(C)sc1-c1cccs1. The highest BCUT2D eigenvalue weighted by Gasteiger charge is 2.11. The molecule has 0 radical (unpaired) electrons. The Labute approximate surface area is 98.0 Å². The molecule has 1 N–H and O–H groups in total. The molecular weight excluding hydrogens is 224 g/mol. The molecule has 2 heterocycles. The van der Waals surface area contributed by atoms with Crippen LogP contribution in [-0.2, 0) is 6.42 Å². The first-order valence-corrected chi connectivity index (χ1v) is 6.65. The lowest BCUT2D eigenvalue weighted by atomic mass is 10.2. The lowest BCUT2D eigenvalue weighted by Gasteiger charge is -1.99. The lowest BCUT2D eigenvalue weighted by molar-refractivity contribution is 0.780. The highest BCUT2D eigenvalue weighted by atomic mass is 32.1. The van der Waals surface area contributed by atoms with Crippen LogP contribution in [-0.4, -0.2) is 18.6 Å². The number of thiazole rings is 1. The Morgan fingerprint density at radius 2 is 2.33 bits per heavy atom. The number of nitrogens with one attached hydrogen (secondary N) is 1. The molecular formula is C11H14N2S2. The predicted molar refractivity (Wildman–Crippen MR) is 67.8 cm³/mol. The number of aryl methyl sites for hydroxylation is 1. The van der Waals surface area contributed by atoms with E-state index in [4.69, 9.17) is 0 Å². The first kappa shape index (κ1) is 10.8. The van der Waals surface area contributed by atoms with E-state index in [9.17, 15) is 0 Å². The average molecular weight is 238 g/mol. The molecule has 0 amide bonds. The van der Waals surface area contributed by atoms with Crippen LogP contribution in [0.1, 0.15) is 10.7 Å². The maximum absolute atomic E-state index is 4.59. The van der Waals surface area contributed by atoms with E-state index in [1.54, 1.807) is 22.7 Å². The highest BCUT2D eigenvalue weighted by molar-refractivity contribution is 7.21. The minimum atomic E-state index is 0.988. The molecule has 0 spiro atoms. The molecule has 0 atom stereocenters. The Morgan fingerprint density at radius 1 is 1.47 bits per heavy atom. The van der Waals surface area contributed by atoms with E-state index in [0.29, 0.717) is 0 Å². The summed E-state index contributed by atoms with van der Waals surface area (Å²) in [5.41, 5.74) is 1.23. The van der Waals surface area contributed by atoms with Crippen LogP contribution in [0, 0.1) is 6.92 Å².